The number of H-pyrrole nitrogens is 1. The van der Waals surface area contributed by atoms with Crippen molar-refractivity contribution in [3.63, 3.8) is 0 Å². The molecule has 3 heteroatoms. The van der Waals surface area contributed by atoms with Gasteiger partial charge in [0.1, 0.15) is 6.15 Å². The van der Waals surface area contributed by atoms with Crippen molar-refractivity contribution >= 4 is 28.0 Å². The summed E-state index contributed by atoms with van der Waals surface area (Å²) >= 11 is 0. The van der Waals surface area contributed by atoms with E-state index in [0.717, 1.165) is 0 Å². The average molecular weight is 400 g/mol. The maximum Gasteiger partial charge on any atom is 0.185 e. The predicted molar refractivity (Wildman–Crippen MR) is 131 cm³/mol. The van der Waals surface area contributed by atoms with Gasteiger partial charge in [-0.25, -0.2) is 4.98 Å². The second kappa shape index (κ2) is 10.2. The summed E-state index contributed by atoms with van der Waals surface area (Å²) in [6.07, 6.45) is 5.70. The molecule has 0 amide bonds. The largest absolute Gasteiger partial charge is 0.252 e. The first kappa shape index (κ1) is 20.3. The minimum Gasteiger partial charge on any atom is -0.252 e. The molecular formula is C28H25BN2. The number of rotatable bonds is 4. The molecule has 150 valence electrons. The third kappa shape index (κ3) is 4.46. The average Bonchev–Trinajstić information content (AvgIpc) is 2.89. The summed E-state index contributed by atoms with van der Waals surface area (Å²) in [5, 5.41) is 0. The highest BCUT2D eigenvalue weighted by Gasteiger charge is 2.30. The third-order valence-corrected chi connectivity index (χ3v) is 5.71. The molecule has 0 bridgehead atoms. The van der Waals surface area contributed by atoms with Crippen LogP contribution < -0.4 is 26.8 Å². The molecule has 4 aromatic carbocycles. The highest BCUT2D eigenvalue weighted by molar-refractivity contribution is 7.19. The van der Waals surface area contributed by atoms with E-state index in [1.165, 1.54) is 21.9 Å². The highest BCUT2D eigenvalue weighted by atomic mass is 14.7. The topological polar surface area (TPSA) is 27.0 Å². The Hall–Kier alpha value is -3.98. The SMILES string of the molecule is c1c[nH+]ccn1.c1ccc([B-](c2ccccc2)(c2ccccc2)c2ccccc2)cc1. The van der Waals surface area contributed by atoms with Crippen LogP contribution in [0.1, 0.15) is 0 Å². The Morgan fingerprint density at radius 2 is 0.710 bits per heavy atom. The number of hydrogen-bond donors (Lipinski definition) is 0. The van der Waals surface area contributed by atoms with Crippen molar-refractivity contribution in [1.82, 2.24) is 4.98 Å². The zero-order valence-electron chi connectivity index (χ0n) is 17.4. The minimum atomic E-state index is -1.22. The molecule has 5 aromatic rings. The van der Waals surface area contributed by atoms with Crippen molar-refractivity contribution in [2.45, 2.75) is 0 Å². The summed E-state index contributed by atoms with van der Waals surface area (Å²) in [6.45, 7) is 0. The predicted octanol–water partition coefficient (Wildman–Crippen LogP) is 2.96. The summed E-state index contributed by atoms with van der Waals surface area (Å²) in [5.74, 6) is 0. The van der Waals surface area contributed by atoms with Gasteiger partial charge in [-0.15, -0.1) is 0 Å². The van der Waals surface area contributed by atoms with E-state index in [1.54, 1.807) is 24.8 Å². The van der Waals surface area contributed by atoms with E-state index in [1.807, 2.05) is 0 Å². The van der Waals surface area contributed by atoms with E-state index < -0.39 is 6.15 Å². The second-order valence-corrected chi connectivity index (χ2v) is 7.46. The molecule has 1 aromatic heterocycles. The number of benzene rings is 4. The number of aromatic nitrogens is 2. The van der Waals surface area contributed by atoms with Gasteiger partial charge < -0.3 is 0 Å². The maximum absolute atomic E-state index is 3.75. The molecule has 0 spiro atoms. The molecule has 0 unspecified atom stereocenters. The smallest absolute Gasteiger partial charge is 0.185 e. The zero-order valence-corrected chi connectivity index (χ0v) is 17.4. The van der Waals surface area contributed by atoms with E-state index in [4.69, 9.17) is 0 Å². The third-order valence-electron chi connectivity index (χ3n) is 5.71. The second-order valence-electron chi connectivity index (χ2n) is 7.46. The standard InChI is InChI=1S/C24H20B.C4H4N2/c1-5-13-21(14-6-1)25(22-15-7-2-8-16-22,23-17-9-3-10-18-23)24-19-11-4-12-20-24;1-2-6-4-3-5-1/h1-20H;1-4H/q-1;/p+1. The summed E-state index contributed by atoms with van der Waals surface area (Å²) < 4.78 is 0. The van der Waals surface area contributed by atoms with Gasteiger partial charge in [0, 0.05) is 0 Å². The normalized spacial score (nSPS) is 10.6. The first-order chi connectivity index (χ1) is 15.4. The van der Waals surface area contributed by atoms with Gasteiger partial charge in [0.2, 0.25) is 0 Å². The Bertz CT molecular complexity index is 960. The fraction of sp³-hybridized carbons (Fsp3) is 0. The lowest BCUT2D eigenvalue weighted by Crippen LogP contribution is -2.74. The van der Waals surface area contributed by atoms with Gasteiger partial charge in [0.25, 0.3) is 0 Å². The van der Waals surface area contributed by atoms with Crippen molar-refractivity contribution in [3.8, 4) is 0 Å². The summed E-state index contributed by atoms with van der Waals surface area (Å²) in [4.78, 5) is 6.58. The van der Waals surface area contributed by atoms with Gasteiger partial charge in [-0.1, -0.05) is 121 Å². The van der Waals surface area contributed by atoms with Crippen molar-refractivity contribution in [3.05, 3.63) is 146 Å². The number of nitrogens with one attached hydrogen (secondary N) is 1. The lowest BCUT2D eigenvalue weighted by molar-refractivity contribution is -0.378. The van der Waals surface area contributed by atoms with Crippen LogP contribution in [0, 0.1) is 0 Å². The molecule has 0 saturated carbocycles. The molecule has 31 heavy (non-hydrogen) atoms. The molecule has 1 N–H and O–H groups in total. The van der Waals surface area contributed by atoms with Gasteiger partial charge in [0.05, 0.1) is 12.4 Å². The van der Waals surface area contributed by atoms with Crippen LogP contribution in [0.2, 0.25) is 0 Å². The minimum absolute atomic E-state index is 1.22. The van der Waals surface area contributed by atoms with Gasteiger partial charge in [-0.3, -0.25) is 4.98 Å². The molecule has 0 radical (unpaired) electrons. The van der Waals surface area contributed by atoms with Crippen LogP contribution >= 0.6 is 0 Å². The van der Waals surface area contributed by atoms with E-state index in [2.05, 4.69) is 131 Å². The molecule has 0 aliphatic heterocycles. The molecule has 2 nitrogen and oxygen atoms in total. The van der Waals surface area contributed by atoms with Crippen LogP contribution in [-0.2, 0) is 0 Å². The molecule has 0 aliphatic carbocycles. The van der Waals surface area contributed by atoms with Gasteiger partial charge in [0.15, 0.2) is 12.4 Å². The van der Waals surface area contributed by atoms with Crippen LogP contribution in [0.4, 0.5) is 0 Å². The summed E-state index contributed by atoms with van der Waals surface area (Å²) in [5.41, 5.74) is 5.36. The van der Waals surface area contributed by atoms with E-state index >= 15 is 0 Å². The van der Waals surface area contributed by atoms with Crippen molar-refractivity contribution < 1.29 is 4.98 Å². The molecular weight excluding hydrogens is 375 g/mol. The van der Waals surface area contributed by atoms with E-state index in [-0.39, 0.29) is 0 Å². The first-order valence-corrected chi connectivity index (χ1v) is 10.6. The summed E-state index contributed by atoms with van der Waals surface area (Å²) in [6, 6.07) is 43.5. The number of nitrogens with zero attached hydrogens (tertiary/aromatic N) is 1. The molecule has 0 atom stereocenters. The summed E-state index contributed by atoms with van der Waals surface area (Å²) in [7, 11) is 0. The van der Waals surface area contributed by atoms with Gasteiger partial charge in [-0.05, 0) is 0 Å². The number of hydrogen-bond acceptors (Lipinski definition) is 1. The van der Waals surface area contributed by atoms with Crippen molar-refractivity contribution in [1.29, 1.82) is 0 Å². The lowest BCUT2D eigenvalue weighted by atomic mass is 9.13. The zero-order chi connectivity index (χ0) is 21.2. The monoisotopic (exact) mass is 400 g/mol. The van der Waals surface area contributed by atoms with Crippen molar-refractivity contribution in [2.24, 2.45) is 0 Å². The van der Waals surface area contributed by atoms with Gasteiger partial charge >= 0.3 is 0 Å². The molecule has 0 fully saturated rings. The van der Waals surface area contributed by atoms with E-state index in [0.29, 0.717) is 0 Å². The van der Waals surface area contributed by atoms with Crippen LogP contribution in [0.15, 0.2) is 146 Å². The Morgan fingerprint density at radius 1 is 0.419 bits per heavy atom. The molecule has 1 heterocycles. The van der Waals surface area contributed by atoms with Crippen LogP contribution in [0.25, 0.3) is 0 Å². The molecule has 0 saturated heterocycles. The number of aromatic amines is 1. The molecule has 5 rings (SSSR count). The maximum atomic E-state index is 3.75. The Labute approximate surface area is 184 Å². The van der Waals surface area contributed by atoms with Crippen LogP contribution in [0.5, 0.6) is 0 Å². The Kier molecular flexibility index (Phi) is 6.66. The first-order valence-electron chi connectivity index (χ1n) is 10.6. The molecule has 0 aliphatic rings. The van der Waals surface area contributed by atoms with E-state index in [9.17, 15) is 0 Å². The Balaban J connectivity index is 0.000000334. The van der Waals surface area contributed by atoms with Gasteiger partial charge in [-0.2, -0.15) is 21.9 Å². The quantitative estimate of drug-likeness (QED) is 0.426. The van der Waals surface area contributed by atoms with Crippen LogP contribution in [-0.4, -0.2) is 11.1 Å². The fourth-order valence-corrected chi connectivity index (χ4v) is 4.40. The van der Waals surface area contributed by atoms with Crippen LogP contribution in [0.3, 0.4) is 0 Å². The Morgan fingerprint density at radius 3 is 0.903 bits per heavy atom. The fourth-order valence-electron chi connectivity index (χ4n) is 4.40. The highest BCUT2D eigenvalue weighted by Crippen LogP contribution is 2.09. The van der Waals surface area contributed by atoms with Crippen molar-refractivity contribution in [2.75, 3.05) is 0 Å². The lowest BCUT2D eigenvalue weighted by Gasteiger charge is -2.44.